The van der Waals surface area contributed by atoms with Gasteiger partial charge in [-0.1, -0.05) is 79.7 Å². The molecule has 0 saturated heterocycles. The number of hydrogen-bond acceptors (Lipinski definition) is 6. The third-order valence-electron chi connectivity index (χ3n) is 5.89. The van der Waals surface area contributed by atoms with Crippen LogP contribution in [0.15, 0.2) is 53.9 Å². The van der Waals surface area contributed by atoms with E-state index in [9.17, 15) is 0 Å². The van der Waals surface area contributed by atoms with Crippen molar-refractivity contribution in [3.8, 4) is 11.5 Å². The van der Waals surface area contributed by atoms with Crippen LogP contribution < -0.4 is 21.1 Å². The molecule has 0 unspecified atom stereocenters. The molecule has 2 aromatic rings. The predicted molar refractivity (Wildman–Crippen MR) is 170 cm³/mol. The Balaban J connectivity index is 0. The highest BCUT2D eigenvalue weighted by atomic mass is 35.5. The first-order valence-electron chi connectivity index (χ1n) is 14.3. The Morgan fingerprint density at radius 1 is 0.897 bits per heavy atom. The molecule has 39 heavy (non-hydrogen) atoms. The number of nitrogens with two attached hydrogens (primary N) is 2. The summed E-state index contributed by atoms with van der Waals surface area (Å²) in [6.45, 7) is 21.8. The molecule has 0 aliphatic carbocycles. The summed E-state index contributed by atoms with van der Waals surface area (Å²) in [4.78, 5) is 0. The van der Waals surface area contributed by atoms with Crippen molar-refractivity contribution in [1.82, 2.24) is 5.01 Å². The van der Waals surface area contributed by atoms with Crippen molar-refractivity contribution in [3.05, 3.63) is 70.5 Å². The normalized spacial score (nSPS) is 10.9. The molecule has 2 rings (SSSR count). The minimum atomic E-state index is -0.204. The first-order valence-corrected chi connectivity index (χ1v) is 14.9. The van der Waals surface area contributed by atoms with Crippen LogP contribution >= 0.6 is 11.6 Å². The highest BCUT2D eigenvalue weighted by Crippen LogP contribution is 2.34. The number of hydrogen-bond donors (Lipinski definition) is 3. The Kier molecular flexibility index (Phi) is 22.3. The zero-order chi connectivity index (χ0) is 30.4. The Bertz CT molecular complexity index is 915. The molecule has 0 amide bonds. The Labute approximate surface area is 244 Å². The SMILES string of the molecule is C/C(=C(/N)CO)N(N)CCCOc1ccc(C(C)(C)c2ccc(OCCCCl)c(C)c2)cc1.CC.CC.CC. The van der Waals surface area contributed by atoms with E-state index in [-0.39, 0.29) is 12.0 Å². The van der Waals surface area contributed by atoms with Gasteiger partial charge in [0.15, 0.2) is 0 Å². The Morgan fingerprint density at radius 3 is 1.95 bits per heavy atom. The lowest BCUT2D eigenvalue weighted by Crippen LogP contribution is -2.33. The lowest BCUT2D eigenvalue weighted by molar-refractivity contribution is 0.264. The van der Waals surface area contributed by atoms with E-state index in [1.54, 1.807) is 6.92 Å². The third kappa shape index (κ3) is 13.5. The van der Waals surface area contributed by atoms with E-state index in [0.29, 0.717) is 37.0 Å². The van der Waals surface area contributed by atoms with Crippen LogP contribution in [0.5, 0.6) is 11.5 Å². The van der Waals surface area contributed by atoms with E-state index in [4.69, 9.17) is 37.8 Å². The average molecular weight is 566 g/mol. The Hall–Kier alpha value is -2.41. The summed E-state index contributed by atoms with van der Waals surface area (Å²) < 4.78 is 11.7. The van der Waals surface area contributed by atoms with Gasteiger partial charge in [-0.05, 0) is 55.2 Å². The summed E-state index contributed by atoms with van der Waals surface area (Å²) >= 11 is 5.74. The van der Waals surface area contributed by atoms with E-state index in [1.807, 2.05) is 59.7 Å². The highest BCUT2D eigenvalue weighted by Gasteiger charge is 2.24. The summed E-state index contributed by atoms with van der Waals surface area (Å²) in [5.41, 5.74) is 10.2. The molecule has 0 fully saturated rings. The maximum Gasteiger partial charge on any atom is 0.122 e. The van der Waals surface area contributed by atoms with Crippen LogP contribution in [0.4, 0.5) is 0 Å². The van der Waals surface area contributed by atoms with Crippen molar-refractivity contribution >= 4 is 11.6 Å². The second-order valence-electron chi connectivity index (χ2n) is 8.68. The van der Waals surface area contributed by atoms with E-state index >= 15 is 0 Å². The van der Waals surface area contributed by atoms with Crippen LogP contribution in [0.2, 0.25) is 0 Å². The molecular weight excluding hydrogens is 510 g/mol. The molecule has 5 N–H and O–H groups in total. The van der Waals surface area contributed by atoms with Gasteiger partial charge in [-0.15, -0.1) is 11.6 Å². The number of aryl methyl sites for hydroxylation is 1. The summed E-state index contributed by atoms with van der Waals surface area (Å²) in [6.07, 6.45) is 1.57. The zero-order valence-electron chi connectivity index (χ0n) is 26.2. The highest BCUT2D eigenvalue weighted by molar-refractivity contribution is 6.17. The molecule has 0 spiro atoms. The van der Waals surface area contributed by atoms with Crippen LogP contribution in [0, 0.1) is 6.92 Å². The minimum Gasteiger partial charge on any atom is -0.494 e. The number of allylic oxidation sites excluding steroid dienone is 1. The van der Waals surface area contributed by atoms with Crippen LogP contribution in [-0.2, 0) is 5.41 Å². The lowest BCUT2D eigenvalue weighted by Gasteiger charge is -2.27. The molecule has 0 atom stereocenters. The fourth-order valence-corrected chi connectivity index (χ4v) is 3.57. The Morgan fingerprint density at radius 2 is 1.44 bits per heavy atom. The van der Waals surface area contributed by atoms with Crippen LogP contribution in [0.25, 0.3) is 0 Å². The van der Waals surface area contributed by atoms with Gasteiger partial charge in [0.05, 0.1) is 25.5 Å². The monoisotopic (exact) mass is 565 g/mol. The van der Waals surface area contributed by atoms with Crippen molar-refractivity contribution in [2.75, 3.05) is 32.2 Å². The first kappa shape index (κ1) is 38.7. The quantitative estimate of drug-likeness (QED) is 0.100. The standard InChI is InChI=1S/C26H38ClN3O3.3C2H6/c1-19-17-22(9-12-25(19)33-15-5-13-27)26(3,4)21-7-10-23(11-8-21)32-16-6-14-30(29)20(2)24(28)18-31;3*1-2/h7-12,17,31H,5-6,13-16,18,28-29H2,1-4H3;3*1-2H3/b24-20-;;;. The fraction of sp³-hybridized carbons (Fsp3) is 0.562. The van der Waals surface area contributed by atoms with Gasteiger partial charge in [0.25, 0.3) is 0 Å². The zero-order valence-corrected chi connectivity index (χ0v) is 27.0. The van der Waals surface area contributed by atoms with Gasteiger partial charge in [-0.25, -0.2) is 5.84 Å². The maximum absolute atomic E-state index is 9.09. The molecule has 6 nitrogen and oxygen atoms in total. The molecule has 0 saturated carbocycles. The third-order valence-corrected chi connectivity index (χ3v) is 6.15. The lowest BCUT2D eigenvalue weighted by atomic mass is 9.77. The summed E-state index contributed by atoms with van der Waals surface area (Å²) in [6, 6.07) is 14.6. The minimum absolute atomic E-state index is 0.158. The number of hydrazine groups is 1. The largest absolute Gasteiger partial charge is 0.494 e. The van der Waals surface area contributed by atoms with Crippen LogP contribution in [-0.4, -0.2) is 42.4 Å². The van der Waals surface area contributed by atoms with Gasteiger partial charge in [-0.2, -0.15) is 0 Å². The summed E-state index contributed by atoms with van der Waals surface area (Å²) in [5, 5.41) is 10.6. The van der Waals surface area contributed by atoms with Gasteiger partial charge < -0.3 is 25.3 Å². The molecule has 0 aromatic heterocycles. The van der Waals surface area contributed by atoms with Gasteiger partial charge in [0.1, 0.15) is 11.5 Å². The smallest absolute Gasteiger partial charge is 0.122 e. The van der Waals surface area contributed by atoms with Crippen molar-refractivity contribution in [2.24, 2.45) is 11.6 Å². The van der Waals surface area contributed by atoms with Gasteiger partial charge in [0, 0.05) is 30.0 Å². The summed E-state index contributed by atoms with van der Waals surface area (Å²) in [7, 11) is 0. The van der Waals surface area contributed by atoms with E-state index in [0.717, 1.165) is 29.9 Å². The first-order chi connectivity index (χ1) is 18.7. The second-order valence-corrected chi connectivity index (χ2v) is 9.06. The number of halogens is 1. The molecule has 0 radical (unpaired) electrons. The van der Waals surface area contributed by atoms with Crippen LogP contribution in [0.3, 0.4) is 0 Å². The topological polar surface area (TPSA) is 94.0 Å². The number of ether oxygens (including phenoxy) is 2. The number of aliphatic hydroxyl groups is 1. The molecule has 0 heterocycles. The number of aliphatic hydroxyl groups excluding tert-OH is 1. The van der Waals surface area contributed by atoms with Crippen molar-refractivity contribution in [1.29, 1.82) is 0 Å². The average Bonchev–Trinajstić information content (AvgIpc) is 2.98. The number of alkyl halides is 1. The van der Waals surface area contributed by atoms with Crippen molar-refractivity contribution in [2.45, 2.75) is 87.5 Å². The van der Waals surface area contributed by atoms with E-state index in [1.165, 1.54) is 16.1 Å². The van der Waals surface area contributed by atoms with E-state index < -0.39 is 0 Å². The maximum atomic E-state index is 9.09. The molecule has 224 valence electrons. The number of nitrogens with zero attached hydrogens (tertiary/aromatic N) is 1. The van der Waals surface area contributed by atoms with Gasteiger partial charge >= 0.3 is 0 Å². The summed E-state index contributed by atoms with van der Waals surface area (Å²) in [5.74, 6) is 8.29. The van der Waals surface area contributed by atoms with Gasteiger partial charge in [0.2, 0.25) is 0 Å². The predicted octanol–water partition coefficient (Wildman–Crippen LogP) is 7.53. The molecule has 0 aliphatic rings. The van der Waals surface area contributed by atoms with Crippen molar-refractivity contribution in [3.63, 3.8) is 0 Å². The molecule has 7 heteroatoms. The number of benzene rings is 2. The molecule has 0 bridgehead atoms. The fourth-order valence-electron chi connectivity index (χ4n) is 3.46. The van der Waals surface area contributed by atoms with Crippen LogP contribution in [0.1, 0.15) is 91.8 Å². The number of rotatable bonds is 13. The molecule has 2 aromatic carbocycles. The molecule has 0 aliphatic heterocycles. The van der Waals surface area contributed by atoms with Gasteiger partial charge in [-0.3, -0.25) is 0 Å². The second kappa shape index (κ2) is 22.4. The molecular formula is C32H56ClN3O3. The van der Waals surface area contributed by atoms with E-state index in [2.05, 4.69) is 45.0 Å². The van der Waals surface area contributed by atoms with Crippen molar-refractivity contribution < 1.29 is 14.6 Å².